The minimum Gasteiger partial charge on any atom is -0.487 e. The Labute approximate surface area is 243 Å². The van der Waals surface area contributed by atoms with E-state index in [1.54, 1.807) is 43.8 Å². The van der Waals surface area contributed by atoms with Gasteiger partial charge in [-0.25, -0.2) is 19.7 Å². The van der Waals surface area contributed by atoms with Gasteiger partial charge in [0.2, 0.25) is 0 Å². The van der Waals surface area contributed by atoms with E-state index < -0.39 is 17.7 Å². The maximum absolute atomic E-state index is 11.8. The fourth-order valence-electron chi connectivity index (χ4n) is 3.97. The van der Waals surface area contributed by atoms with Gasteiger partial charge < -0.3 is 34.3 Å². The number of imidazole rings is 1. The van der Waals surface area contributed by atoms with E-state index in [9.17, 15) is 9.59 Å². The molecule has 42 heavy (non-hydrogen) atoms. The van der Waals surface area contributed by atoms with E-state index in [1.165, 1.54) is 6.20 Å². The predicted molar refractivity (Wildman–Crippen MR) is 150 cm³/mol. The quantitative estimate of drug-likeness (QED) is 0.237. The molecule has 3 aromatic heterocycles. The number of rotatable bonds is 12. The summed E-state index contributed by atoms with van der Waals surface area (Å²) in [6.07, 6.45) is 4.11. The lowest BCUT2D eigenvalue weighted by Crippen LogP contribution is -2.36. The standard InChI is InChI=1S/C28H35N7O7/c1-28(2,3)42-27(37)31-17-24(36)41-13-11-39-10-12-40-22-14-21-26(34-25(22)33-20-6-8-38-9-7-20)35(18-32-21)23-5-4-19(15-29)16-30-23/h4-5,14,16,18,20H,6-13,17H2,1-3H3,(H,31,37)(H,33,34). The Bertz CT molecular complexity index is 1390. The van der Waals surface area contributed by atoms with E-state index in [1.807, 2.05) is 6.07 Å². The van der Waals surface area contributed by atoms with E-state index in [4.69, 9.17) is 33.9 Å². The topological polar surface area (TPSA) is 172 Å². The SMILES string of the molecule is CC(C)(C)OC(=O)NCC(=O)OCCOCCOc1cc2ncn(-c3ccc(C#N)cn3)c2nc1NC1CCOCC1. The third-order valence-electron chi connectivity index (χ3n) is 5.93. The average Bonchev–Trinajstić information content (AvgIpc) is 3.38. The molecule has 0 aliphatic carbocycles. The van der Waals surface area contributed by atoms with E-state index >= 15 is 0 Å². The lowest BCUT2D eigenvalue weighted by atomic mass is 10.1. The Hall–Kier alpha value is -4.48. The zero-order chi connectivity index (χ0) is 30.0. The van der Waals surface area contributed by atoms with Gasteiger partial charge in [0.25, 0.3) is 0 Å². The molecule has 0 unspecified atom stereocenters. The van der Waals surface area contributed by atoms with Gasteiger partial charge in [-0.2, -0.15) is 5.26 Å². The summed E-state index contributed by atoms with van der Waals surface area (Å²) in [5, 5.41) is 14.9. The summed E-state index contributed by atoms with van der Waals surface area (Å²) < 4.78 is 28.9. The summed E-state index contributed by atoms with van der Waals surface area (Å²) in [4.78, 5) is 37.1. The Balaban J connectivity index is 1.30. The van der Waals surface area contributed by atoms with Crippen LogP contribution in [0.3, 0.4) is 0 Å². The summed E-state index contributed by atoms with van der Waals surface area (Å²) in [6, 6.07) is 7.47. The minimum atomic E-state index is -0.691. The number of esters is 1. The van der Waals surface area contributed by atoms with Crippen molar-refractivity contribution < 1.29 is 33.3 Å². The highest BCUT2D eigenvalue weighted by molar-refractivity contribution is 5.79. The number of hydrogen-bond donors (Lipinski definition) is 2. The number of amides is 1. The Morgan fingerprint density at radius 2 is 1.93 bits per heavy atom. The van der Waals surface area contributed by atoms with Crippen molar-refractivity contribution in [3.05, 3.63) is 36.3 Å². The van der Waals surface area contributed by atoms with E-state index in [2.05, 4.69) is 26.7 Å². The van der Waals surface area contributed by atoms with E-state index in [-0.39, 0.29) is 39.0 Å². The van der Waals surface area contributed by atoms with Crippen LogP contribution in [-0.4, -0.2) is 89.4 Å². The van der Waals surface area contributed by atoms with Gasteiger partial charge in [-0.1, -0.05) is 0 Å². The molecule has 1 amide bonds. The first-order chi connectivity index (χ1) is 20.2. The summed E-state index contributed by atoms with van der Waals surface area (Å²) in [7, 11) is 0. The molecule has 14 heteroatoms. The zero-order valence-electron chi connectivity index (χ0n) is 23.9. The summed E-state index contributed by atoms with van der Waals surface area (Å²) >= 11 is 0. The molecule has 3 aromatic rings. The number of fused-ring (bicyclic) bond motifs is 1. The minimum absolute atomic E-state index is 0.0275. The highest BCUT2D eigenvalue weighted by Gasteiger charge is 2.20. The second kappa shape index (κ2) is 14.4. The first kappa shape index (κ1) is 30.5. The maximum atomic E-state index is 11.8. The van der Waals surface area contributed by atoms with Crippen LogP contribution < -0.4 is 15.4 Å². The van der Waals surface area contributed by atoms with Crippen LogP contribution in [-0.2, 0) is 23.7 Å². The third-order valence-corrected chi connectivity index (χ3v) is 5.93. The summed E-state index contributed by atoms with van der Waals surface area (Å²) in [5.74, 6) is 1.08. The molecule has 0 spiro atoms. The molecule has 1 aliphatic heterocycles. The van der Waals surface area contributed by atoms with E-state index in [0.29, 0.717) is 47.3 Å². The van der Waals surface area contributed by atoms with Crippen molar-refractivity contribution in [2.24, 2.45) is 0 Å². The number of pyridine rings is 2. The Morgan fingerprint density at radius 3 is 2.64 bits per heavy atom. The van der Waals surface area contributed by atoms with Crippen LogP contribution >= 0.6 is 0 Å². The van der Waals surface area contributed by atoms with Crippen molar-refractivity contribution in [3.8, 4) is 17.6 Å². The van der Waals surface area contributed by atoms with Gasteiger partial charge in [0.05, 0.1) is 18.8 Å². The lowest BCUT2D eigenvalue weighted by Gasteiger charge is -2.24. The van der Waals surface area contributed by atoms with Crippen LogP contribution in [0, 0.1) is 11.3 Å². The number of nitriles is 1. The number of ether oxygens (including phenoxy) is 5. The number of carbonyl (C=O) groups excluding carboxylic acids is 2. The summed E-state index contributed by atoms with van der Waals surface area (Å²) in [5.41, 5.74) is 1.01. The van der Waals surface area contributed by atoms with Gasteiger partial charge in [-0.15, -0.1) is 0 Å². The van der Waals surface area contributed by atoms with Crippen molar-refractivity contribution in [1.29, 1.82) is 5.26 Å². The monoisotopic (exact) mass is 581 g/mol. The van der Waals surface area contributed by atoms with Gasteiger partial charge in [0.1, 0.15) is 49.1 Å². The van der Waals surface area contributed by atoms with Crippen molar-refractivity contribution in [1.82, 2.24) is 24.8 Å². The van der Waals surface area contributed by atoms with Gasteiger partial charge in [0.15, 0.2) is 17.2 Å². The molecule has 224 valence electrons. The third kappa shape index (κ3) is 9.02. The highest BCUT2D eigenvalue weighted by Crippen LogP contribution is 2.29. The van der Waals surface area contributed by atoms with Crippen molar-refractivity contribution >= 4 is 29.0 Å². The molecule has 0 atom stereocenters. The molecule has 4 rings (SSSR count). The largest absolute Gasteiger partial charge is 0.487 e. The molecular formula is C28H35N7O7. The molecule has 0 radical (unpaired) electrons. The van der Waals surface area contributed by atoms with Gasteiger partial charge in [-0.3, -0.25) is 9.36 Å². The van der Waals surface area contributed by atoms with Crippen LogP contribution in [0.1, 0.15) is 39.2 Å². The number of anilines is 1. The van der Waals surface area contributed by atoms with Crippen molar-refractivity contribution in [2.75, 3.05) is 51.5 Å². The molecule has 0 bridgehead atoms. The molecule has 2 N–H and O–H groups in total. The molecule has 4 heterocycles. The number of alkyl carbamates (subject to hydrolysis) is 1. The molecule has 1 fully saturated rings. The fraction of sp³-hybridized carbons (Fsp3) is 0.500. The van der Waals surface area contributed by atoms with Crippen LogP contribution in [0.4, 0.5) is 10.6 Å². The molecular weight excluding hydrogens is 546 g/mol. The van der Waals surface area contributed by atoms with Crippen LogP contribution in [0.2, 0.25) is 0 Å². The van der Waals surface area contributed by atoms with Gasteiger partial charge >= 0.3 is 12.1 Å². The first-order valence-corrected chi connectivity index (χ1v) is 13.6. The average molecular weight is 582 g/mol. The molecule has 0 aromatic carbocycles. The predicted octanol–water partition coefficient (Wildman–Crippen LogP) is 2.74. The molecule has 14 nitrogen and oxygen atoms in total. The molecule has 1 saturated heterocycles. The second-order valence-electron chi connectivity index (χ2n) is 10.4. The Morgan fingerprint density at radius 1 is 1.14 bits per heavy atom. The van der Waals surface area contributed by atoms with Crippen LogP contribution in [0.5, 0.6) is 5.75 Å². The number of nitrogens with one attached hydrogen (secondary N) is 2. The zero-order valence-corrected chi connectivity index (χ0v) is 23.9. The molecule has 0 saturated carbocycles. The summed E-state index contributed by atoms with van der Waals surface area (Å²) in [6.45, 7) is 6.88. The first-order valence-electron chi connectivity index (χ1n) is 13.6. The molecule has 1 aliphatic rings. The van der Waals surface area contributed by atoms with E-state index in [0.717, 1.165) is 12.8 Å². The fourth-order valence-corrected chi connectivity index (χ4v) is 3.97. The normalized spacial score (nSPS) is 13.8. The van der Waals surface area contributed by atoms with Gasteiger partial charge in [-0.05, 0) is 45.7 Å². The van der Waals surface area contributed by atoms with Crippen LogP contribution in [0.15, 0.2) is 30.7 Å². The van der Waals surface area contributed by atoms with Crippen molar-refractivity contribution in [3.63, 3.8) is 0 Å². The smallest absolute Gasteiger partial charge is 0.408 e. The van der Waals surface area contributed by atoms with Gasteiger partial charge in [0, 0.05) is 31.5 Å². The second-order valence-corrected chi connectivity index (χ2v) is 10.4. The highest BCUT2D eigenvalue weighted by atomic mass is 16.6. The number of nitrogens with zero attached hydrogens (tertiary/aromatic N) is 5. The number of carbonyl (C=O) groups is 2. The lowest BCUT2D eigenvalue weighted by molar-refractivity contribution is -0.144. The maximum Gasteiger partial charge on any atom is 0.408 e. The van der Waals surface area contributed by atoms with Crippen LogP contribution in [0.25, 0.3) is 17.0 Å². The number of hydrogen-bond acceptors (Lipinski definition) is 12. The van der Waals surface area contributed by atoms with Crippen molar-refractivity contribution in [2.45, 2.75) is 45.3 Å². The number of aromatic nitrogens is 4. The Kier molecular flexibility index (Phi) is 10.5.